The van der Waals surface area contributed by atoms with Gasteiger partial charge >= 0.3 is 0 Å². The van der Waals surface area contributed by atoms with Crippen LogP contribution < -0.4 is 10.0 Å². The lowest BCUT2D eigenvalue weighted by Crippen LogP contribution is -2.11. The molecule has 0 aliphatic heterocycles. The van der Waals surface area contributed by atoms with E-state index in [1.165, 1.54) is 31.5 Å². The number of rotatable bonds is 3. The first-order valence-corrected chi connectivity index (χ1v) is 10.0. The molecule has 4 nitrogen and oxygen atoms in total. The summed E-state index contributed by atoms with van der Waals surface area (Å²) in [4.78, 5) is 0. The third-order valence-electron chi connectivity index (χ3n) is 3.89. The third kappa shape index (κ3) is 3.04. The van der Waals surface area contributed by atoms with Crippen LogP contribution in [0.3, 0.4) is 0 Å². The first kappa shape index (κ1) is 17.2. The predicted octanol–water partition coefficient (Wildman–Crippen LogP) is 4.37. The summed E-state index contributed by atoms with van der Waals surface area (Å²) in [6, 6.07) is 8.32. The van der Waals surface area contributed by atoms with Gasteiger partial charge in [-0.25, -0.2) is 8.78 Å². The number of aromatic nitrogens is 1. The summed E-state index contributed by atoms with van der Waals surface area (Å²) in [6.07, 6.45) is 1.75. The van der Waals surface area contributed by atoms with Crippen molar-refractivity contribution < 1.29 is 18.1 Å². The lowest BCUT2D eigenvalue weighted by molar-refractivity contribution is 0.445. The highest BCUT2D eigenvalue weighted by Gasteiger charge is 2.26. The number of hydrogen-bond donors (Lipinski definition) is 0. The van der Waals surface area contributed by atoms with Crippen LogP contribution in [0.5, 0.6) is 11.5 Å². The Morgan fingerprint density at radius 2 is 1.88 bits per heavy atom. The number of fused-ring (bicyclic) bond motifs is 1. The van der Waals surface area contributed by atoms with E-state index in [9.17, 15) is 13.3 Å². The van der Waals surface area contributed by atoms with Crippen molar-refractivity contribution >= 4 is 23.3 Å². The molecule has 0 saturated heterocycles. The van der Waals surface area contributed by atoms with Crippen molar-refractivity contribution in [2.24, 2.45) is 7.05 Å². The van der Waals surface area contributed by atoms with E-state index < -0.39 is 18.8 Å². The summed E-state index contributed by atoms with van der Waals surface area (Å²) < 4.78 is 48.3. The molecule has 0 N–H and O–H groups in total. The topological polar surface area (TPSA) is 55.0 Å². The third-order valence-corrected chi connectivity index (χ3v) is 5.41. The number of nitriles is 1. The number of hydrogen-bond acceptors (Lipinski definition) is 3. The van der Waals surface area contributed by atoms with Gasteiger partial charge in [0.15, 0.2) is 11.6 Å². The van der Waals surface area contributed by atoms with Crippen LogP contribution in [-0.2, 0) is 11.6 Å². The molecule has 25 heavy (non-hydrogen) atoms. The zero-order valence-corrected chi connectivity index (χ0v) is 14.8. The Morgan fingerprint density at radius 3 is 2.52 bits per heavy atom. The Labute approximate surface area is 143 Å². The van der Waals surface area contributed by atoms with Gasteiger partial charge in [0.1, 0.15) is 24.8 Å². The standard InChI is InChI=1S/C18H15F2N2O2P/c1-22-7-6-13-16(22)9-15(20)17(18(13)25(2,3)23)24-12-4-5-14(19)11(8-12)10-21/h4-9H,1-3H3. The smallest absolute Gasteiger partial charge is 0.174 e. The summed E-state index contributed by atoms with van der Waals surface area (Å²) in [7, 11) is -1.13. The minimum atomic E-state index is -2.90. The van der Waals surface area contributed by atoms with Crippen LogP contribution >= 0.6 is 7.14 Å². The Morgan fingerprint density at radius 1 is 1.16 bits per heavy atom. The molecule has 0 aliphatic rings. The lowest BCUT2D eigenvalue weighted by Gasteiger charge is -2.17. The normalized spacial score (nSPS) is 11.5. The molecule has 1 heterocycles. The molecule has 0 saturated carbocycles. The molecular formula is C18H15F2N2O2P. The van der Waals surface area contributed by atoms with Crippen molar-refractivity contribution in [1.82, 2.24) is 4.57 Å². The second-order valence-corrected chi connectivity index (χ2v) is 9.25. The highest BCUT2D eigenvalue weighted by molar-refractivity contribution is 7.70. The average Bonchev–Trinajstić information content (AvgIpc) is 2.89. The fourth-order valence-electron chi connectivity index (χ4n) is 2.75. The fraction of sp³-hybridized carbons (Fsp3) is 0.167. The van der Waals surface area contributed by atoms with Gasteiger partial charge in [0.25, 0.3) is 0 Å². The van der Waals surface area contributed by atoms with Crippen LogP contribution in [0.2, 0.25) is 0 Å². The molecular weight excluding hydrogens is 345 g/mol. The Bertz CT molecular complexity index is 1080. The number of halogens is 2. The van der Waals surface area contributed by atoms with Crippen molar-refractivity contribution in [1.29, 1.82) is 5.26 Å². The Hall–Kier alpha value is -2.64. The summed E-state index contributed by atoms with van der Waals surface area (Å²) in [5.74, 6) is -1.42. The molecule has 7 heteroatoms. The SMILES string of the molecule is Cn1ccc2c(P(C)(C)=O)c(Oc3ccc(F)c(C#N)c3)c(F)cc21. The van der Waals surface area contributed by atoms with Crippen molar-refractivity contribution in [3.05, 3.63) is 53.7 Å². The molecule has 0 aliphatic carbocycles. The lowest BCUT2D eigenvalue weighted by atomic mass is 10.2. The largest absolute Gasteiger partial charge is 0.453 e. The second-order valence-electron chi connectivity index (χ2n) is 6.10. The molecule has 0 bridgehead atoms. The molecule has 128 valence electrons. The van der Waals surface area contributed by atoms with Gasteiger partial charge in [-0.2, -0.15) is 5.26 Å². The summed E-state index contributed by atoms with van der Waals surface area (Å²) >= 11 is 0. The Balaban J connectivity index is 2.24. The summed E-state index contributed by atoms with van der Waals surface area (Å²) in [5, 5.41) is 9.84. The van der Waals surface area contributed by atoms with Crippen LogP contribution in [0.1, 0.15) is 5.56 Å². The van der Waals surface area contributed by atoms with E-state index >= 15 is 0 Å². The first-order valence-electron chi connectivity index (χ1n) is 7.43. The minimum Gasteiger partial charge on any atom is -0.453 e. The molecule has 0 unspecified atom stereocenters. The zero-order valence-electron chi connectivity index (χ0n) is 13.9. The van der Waals surface area contributed by atoms with E-state index in [0.717, 1.165) is 6.07 Å². The highest BCUT2D eigenvalue weighted by atomic mass is 31.2. The van der Waals surface area contributed by atoms with E-state index in [0.29, 0.717) is 10.9 Å². The molecule has 0 radical (unpaired) electrons. The van der Waals surface area contributed by atoms with Crippen molar-refractivity contribution in [3.63, 3.8) is 0 Å². The monoisotopic (exact) mass is 360 g/mol. The highest BCUT2D eigenvalue weighted by Crippen LogP contribution is 2.44. The van der Waals surface area contributed by atoms with Gasteiger partial charge in [-0.15, -0.1) is 0 Å². The average molecular weight is 360 g/mol. The molecule has 2 aromatic carbocycles. The molecule has 0 spiro atoms. The fourth-order valence-corrected chi connectivity index (χ4v) is 4.16. The molecule has 3 aromatic rings. The van der Waals surface area contributed by atoms with Gasteiger partial charge in [-0.1, -0.05) is 0 Å². The molecule has 3 rings (SSSR count). The van der Waals surface area contributed by atoms with Gasteiger partial charge in [0.05, 0.1) is 16.4 Å². The van der Waals surface area contributed by atoms with Crippen molar-refractivity contribution in [2.45, 2.75) is 0 Å². The van der Waals surface area contributed by atoms with E-state index in [4.69, 9.17) is 10.00 Å². The molecule has 0 fully saturated rings. The van der Waals surface area contributed by atoms with E-state index in [2.05, 4.69) is 0 Å². The van der Waals surface area contributed by atoms with E-state index in [-0.39, 0.29) is 22.4 Å². The Kier molecular flexibility index (Phi) is 4.14. The van der Waals surface area contributed by atoms with Crippen molar-refractivity contribution in [3.8, 4) is 17.6 Å². The predicted molar refractivity (Wildman–Crippen MR) is 93.2 cm³/mol. The van der Waals surface area contributed by atoms with Crippen LogP contribution in [0.25, 0.3) is 10.9 Å². The quantitative estimate of drug-likeness (QED) is 0.652. The van der Waals surface area contributed by atoms with Gasteiger partial charge in [0.2, 0.25) is 0 Å². The van der Waals surface area contributed by atoms with E-state index in [1.54, 1.807) is 29.9 Å². The zero-order chi connectivity index (χ0) is 18.4. The number of nitrogens with zero attached hydrogens (tertiary/aromatic N) is 2. The van der Waals surface area contributed by atoms with E-state index in [1.807, 2.05) is 0 Å². The number of ether oxygens (including phenoxy) is 1. The summed E-state index contributed by atoms with van der Waals surface area (Å²) in [6.45, 7) is 3.07. The van der Waals surface area contributed by atoms with Crippen LogP contribution in [0.4, 0.5) is 8.78 Å². The van der Waals surface area contributed by atoms with Crippen LogP contribution in [0, 0.1) is 23.0 Å². The molecule has 0 amide bonds. The maximum Gasteiger partial charge on any atom is 0.174 e. The maximum atomic E-state index is 14.7. The van der Waals surface area contributed by atoms with Crippen LogP contribution in [0.15, 0.2) is 36.5 Å². The number of aryl methyl sites for hydroxylation is 1. The summed E-state index contributed by atoms with van der Waals surface area (Å²) in [5.41, 5.74) is 0.386. The first-order chi connectivity index (χ1) is 11.7. The second kappa shape index (κ2) is 6.02. The number of benzene rings is 2. The van der Waals surface area contributed by atoms with Gasteiger partial charge < -0.3 is 13.9 Å². The van der Waals surface area contributed by atoms with Crippen molar-refractivity contribution in [2.75, 3.05) is 13.3 Å². The van der Waals surface area contributed by atoms with Gasteiger partial charge in [-0.05, 0) is 31.5 Å². The molecule has 0 atom stereocenters. The van der Waals surface area contributed by atoms with Crippen LogP contribution in [-0.4, -0.2) is 17.9 Å². The minimum absolute atomic E-state index is 0.0989. The maximum absolute atomic E-state index is 14.7. The molecule has 1 aromatic heterocycles. The van der Waals surface area contributed by atoms with Gasteiger partial charge in [0, 0.05) is 30.8 Å². The van der Waals surface area contributed by atoms with Gasteiger partial charge in [-0.3, -0.25) is 0 Å².